The number of ether oxygens (including phenoxy) is 5. The molecule has 12 heteroatoms. The van der Waals surface area contributed by atoms with Gasteiger partial charge in [-0.3, -0.25) is 4.90 Å². The molecule has 9 aromatic rings. The first-order chi connectivity index (χ1) is 66.8. The molecule has 4 aliphatic carbocycles. The molecule has 9 aromatic carbocycles. The Bertz CT molecular complexity index is 4440. The molecule has 7 atom stereocenters. The zero-order valence-electron chi connectivity index (χ0n) is 87.4. The van der Waals surface area contributed by atoms with E-state index in [1.54, 1.807) is 21.3 Å². The van der Waals surface area contributed by atoms with Crippen LogP contribution in [0.3, 0.4) is 0 Å². The lowest BCUT2D eigenvalue weighted by atomic mass is 9.68. The standard InChI is InChI=1S/C26H38N2O.C26H43NO2.C25H36N2.2C24H33NO/c1-26(2)19-24(15-17-29-26)23(18-21-8-6-5-7-9-21)14-16-27-20-22-10-12-25(13-11-22)28(3)4;1-5-27(20-21-11-13-24(28-4)14-12-21)17-15-25(22-9-7-6-8-10-22)23-16-18-29-26(2,3)19-23;1-27(2)25-15-13-22(14-16-25)20-26-18-17-24(23-11-7-4-8-12-23)19-21-9-5-3-6-10-21;2*1-26-24-14-12-21(13-15-24)19-25-17-16-23(22-10-6-3-7-11-22)18-20-8-4-2-5-9-20/h5-13,23-24,27H,14-20H2,1-4H3;11-14,22-23,25H,5-10,15-20H2,1-4H3;3,5-6,9-10,13-16,23-24,26H,4,7-8,11-12,17-20H2,1-2H3;2*2,4-5,8-9,12-15,22-23,25H,3,6-7,10-11,16-19H2,1H3. The Hall–Kier alpha value is -8.30. The van der Waals surface area contributed by atoms with E-state index < -0.39 is 0 Å². The van der Waals surface area contributed by atoms with Crippen molar-refractivity contribution in [3.63, 3.8) is 0 Å². The van der Waals surface area contributed by atoms with E-state index in [9.17, 15) is 0 Å². The molecule has 6 fully saturated rings. The summed E-state index contributed by atoms with van der Waals surface area (Å²) < 4.78 is 27.8. The summed E-state index contributed by atoms with van der Waals surface area (Å²) in [6.07, 6.45) is 44.8. The number of nitrogens with one attached hydrogen (secondary N) is 4. The van der Waals surface area contributed by atoms with Gasteiger partial charge in [0, 0.05) is 85.5 Å². The van der Waals surface area contributed by atoms with Gasteiger partial charge in [0.15, 0.2) is 0 Å². The van der Waals surface area contributed by atoms with Crippen LogP contribution in [0.15, 0.2) is 243 Å². The molecular formula is C125H183N7O5. The molecule has 7 unspecified atom stereocenters. The predicted molar refractivity (Wildman–Crippen MR) is 581 cm³/mol. The first-order valence-electron chi connectivity index (χ1n) is 54.3. The maximum atomic E-state index is 6.06. The summed E-state index contributed by atoms with van der Waals surface area (Å²) in [4.78, 5) is 6.92. The van der Waals surface area contributed by atoms with Crippen LogP contribution in [0.25, 0.3) is 0 Å². The van der Waals surface area contributed by atoms with Gasteiger partial charge in [0.05, 0.1) is 32.5 Å². The molecule has 2 saturated heterocycles. The maximum Gasteiger partial charge on any atom is 0.118 e. The zero-order chi connectivity index (χ0) is 96.3. The van der Waals surface area contributed by atoms with Gasteiger partial charge in [0.25, 0.3) is 0 Å². The number of hydrogen-bond acceptors (Lipinski definition) is 12. The van der Waals surface area contributed by atoms with Crippen molar-refractivity contribution in [1.29, 1.82) is 0 Å². The van der Waals surface area contributed by atoms with E-state index in [1.807, 2.05) is 24.3 Å². The molecule has 0 bridgehead atoms. The van der Waals surface area contributed by atoms with Gasteiger partial charge in [-0.2, -0.15) is 0 Å². The third-order valence-electron chi connectivity index (χ3n) is 31.4. The third-order valence-corrected chi connectivity index (χ3v) is 31.4. The van der Waals surface area contributed by atoms with Gasteiger partial charge in [-0.25, -0.2) is 0 Å². The fourth-order valence-corrected chi connectivity index (χ4v) is 23.3. The number of nitrogens with zero attached hydrogens (tertiary/aromatic N) is 3. The van der Waals surface area contributed by atoms with Gasteiger partial charge < -0.3 is 54.8 Å². The van der Waals surface area contributed by atoms with Gasteiger partial charge in [0.1, 0.15) is 17.2 Å². The summed E-state index contributed by atoms with van der Waals surface area (Å²) in [7, 11) is 13.5. The zero-order valence-corrected chi connectivity index (χ0v) is 87.4. The monoisotopic (exact) mass is 1860 g/mol. The minimum Gasteiger partial charge on any atom is -0.497 e. The molecule has 15 rings (SSSR count). The molecule has 0 spiro atoms. The summed E-state index contributed by atoms with van der Waals surface area (Å²) in [6, 6.07) is 87.3. The molecule has 12 nitrogen and oxygen atoms in total. The fraction of sp³-hybridized carbons (Fsp3) is 0.568. The molecule has 4 saturated carbocycles. The van der Waals surface area contributed by atoms with Crippen LogP contribution in [0.4, 0.5) is 11.4 Å². The molecular weight excluding hydrogens is 1680 g/mol. The van der Waals surface area contributed by atoms with Crippen molar-refractivity contribution in [2.45, 2.75) is 290 Å². The second kappa shape index (κ2) is 61.4. The highest BCUT2D eigenvalue weighted by Gasteiger charge is 2.38. The number of methoxy groups -OCH3 is 3. The maximum absolute atomic E-state index is 6.06. The second-order valence-electron chi connectivity index (χ2n) is 43.0. The smallest absolute Gasteiger partial charge is 0.118 e. The molecule has 6 aliphatic rings. The van der Waals surface area contributed by atoms with Crippen molar-refractivity contribution in [2.75, 3.05) is 112 Å². The van der Waals surface area contributed by atoms with Crippen molar-refractivity contribution in [3.8, 4) is 17.2 Å². The van der Waals surface area contributed by atoms with Crippen molar-refractivity contribution in [1.82, 2.24) is 26.2 Å². The van der Waals surface area contributed by atoms with Crippen LogP contribution in [0.2, 0.25) is 0 Å². The van der Waals surface area contributed by atoms with E-state index in [0.29, 0.717) is 5.92 Å². The van der Waals surface area contributed by atoms with E-state index in [4.69, 9.17) is 23.7 Å². The minimum absolute atomic E-state index is 0.0134. The van der Waals surface area contributed by atoms with Gasteiger partial charge in [0.2, 0.25) is 0 Å². The molecule has 4 N–H and O–H groups in total. The van der Waals surface area contributed by atoms with E-state index in [-0.39, 0.29) is 11.2 Å². The summed E-state index contributed by atoms with van der Waals surface area (Å²) in [6.45, 7) is 24.7. The molecule has 137 heavy (non-hydrogen) atoms. The molecule has 748 valence electrons. The van der Waals surface area contributed by atoms with Gasteiger partial charge in [-0.05, 0) is 326 Å². The molecule has 0 radical (unpaired) electrons. The largest absolute Gasteiger partial charge is 0.497 e. The number of rotatable bonds is 45. The fourth-order valence-electron chi connectivity index (χ4n) is 23.3. The highest BCUT2D eigenvalue weighted by atomic mass is 16.5. The highest BCUT2D eigenvalue weighted by molar-refractivity contribution is 5.47. The molecule has 0 aromatic heterocycles. The summed E-state index contributed by atoms with van der Waals surface area (Å²) in [5, 5.41) is 14.7. The Labute approximate surface area is 833 Å². The summed E-state index contributed by atoms with van der Waals surface area (Å²) in [5.41, 5.74) is 15.3. The quantitative estimate of drug-likeness (QED) is 0.0273. The normalized spacial score (nSPS) is 18.6. The van der Waals surface area contributed by atoms with Crippen LogP contribution in [-0.2, 0) is 67.9 Å². The van der Waals surface area contributed by atoms with Crippen LogP contribution >= 0.6 is 0 Å². The average molecular weight is 1860 g/mol. The van der Waals surface area contributed by atoms with E-state index in [0.717, 1.165) is 162 Å². The van der Waals surface area contributed by atoms with Crippen molar-refractivity contribution < 1.29 is 23.7 Å². The Morgan fingerprint density at radius 3 is 0.854 bits per heavy atom. The molecule has 2 aliphatic heterocycles. The van der Waals surface area contributed by atoms with E-state index in [1.165, 1.54) is 273 Å². The molecule has 2 heterocycles. The van der Waals surface area contributed by atoms with E-state index in [2.05, 4.69) is 317 Å². The topological polar surface area (TPSA) is 104 Å². The Morgan fingerprint density at radius 1 is 0.299 bits per heavy atom. The SMILES string of the molecule is CCN(CCC(C1CCCCC1)C1CCOC(C)(C)C1)Cc1ccc(OC)cc1.CN(C)c1ccc(CNCCC(Cc2ccccc2)C2CCCCC2)cc1.CN(C)c1ccc(CNCCC(Cc2ccccc2)C2CCOC(C)(C)C2)cc1.COc1ccc(CNCCC(Cc2ccccc2)C2CCCCC2)cc1.COc1ccc(CNCCC(Cc2ccccc2)C2CCCCC2)cc1. The Morgan fingerprint density at radius 2 is 0.569 bits per heavy atom. The van der Waals surface area contributed by atoms with Crippen LogP contribution in [0, 0.1) is 65.1 Å². The van der Waals surface area contributed by atoms with Gasteiger partial charge >= 0.3 is 0 Å². The summed E-state index contributed by atoms with van der Waals surface area (Å²) in [5.74, 6) is 12.0. The van der Waals surface area contributed by atoms with Crippen LogP contribution in [0.5, 0.6) is 17.2 Å². The first kappa shape index (κ1) is 109. The minimum atomic E-state index is 0.0134. The first-order valence-corrected chi connectivity index (χ1v) is 54.3. The Kier molecular flexibility index (Phi) is 48.9. The lowest BCUT2D eigenvalue weighted by Gasteiger charge is -2.43. The van der Waals surface area contributed by atoms with Crippen LogP contribution < -0.4 is 45.3 Å². The van der Waals surface area contributed by atoms with Gasteiger partial charge in [-0.1, -0.05) is 317 Å². The van der Waals surface area contributed by atoms with Crippen molar-refractivity contribution in [3.05, 3.63) is 293 Å². The van der Waals surface area contributed by atoms with E-state index >= 15 is 0 Å². The third kappa shape index (κ3) is 40.7. The lowest BCUT2D eigenvalue weighted by molar-refractivity contribution is -0.0901. The second-order valence-corrected chi connectivity index (χ2v) is 43.0. The van der Waals surface area contributed by atoms with Crippen molar-refractivity contribution >= 4 is 11.4 Å². The number of hydrogen-bond donors (Lipinski definition) is 4. The Balaban J connectivity index is 0.000000164. The van der Waals surface area contributed by atoms with Crippen molar-refractivity contribution in [2.24, 2.45) is 65.1 Å². The lowest BCUT2D eigenvalue weighted by Crippen LogP contribution is -2.40. The van der Waals surface area contributed by atoms with Gasteiger partial charge in [-0.15, -0.1) is 0 Å². The average Bonchev–Trinajstić information content (AvgIpc) is 0.818. The predicted octanol–water partition coefficient (Wildman–Crippen LogP) is 28.5. The van der Waals surface area contributed by atoms with Crippen LogP contribution in [0.1, 0.15) is 271 Å². The number of benzene rings is 9. The summed E-state index contributed by atoms with van der Waals surface area (Å²) >= 11 is 0. The highest BCUT2D eigenvalue weighted by Crippen LogP contribution is 2.45. The van der Waals surface area contributed by atoms with Crippen LogP contribution in [-0.4, -0.2) is 118 Å². The molecule has 0 amide bonds. The number of anilines is 2.